The second-order valence-electron chi connectivity index (χ2n) is 6.61. The molecule has 1 aliphatic heterocycles. The quantitative estimate of drug-likeness (QED) is 0.596. The molecular formula is C21H26FN5O2. The Bertz CT molecular complexity index is 866. The lowest BCUT2D eigenvalue weighted by Crippen LogP contribution is -2.53. The highest BCUT2D eigenvalue weighted by molar-refractivity contribution is 5.95. The number of para-hydroxylation sites is 2. The SMILES string of the molecule is CN=C(NCC(=O)Nc1cccc(F)c1)N1CCN(c2ccccc2OC)CC1. The smallest absolute Gasteiger partial charge is 0.243 e. The number of hydrogen-bond acceptors (Lipinski definition) is 4. The standard InChI is InChI=1S/C21H26FN5O2/c1-23-21(24-15-20(28)25-17-7-5-6-16(22)14-17)27-12-10-26(11-13-27)18-8-3-4-9-19(18)29-2/h3-9,14H,10-13,15H2,1-2H3,(H,23,24)(H,25,28). The summed E-state index contributed by atoms with van der Waals surface area (Å²) in [5.74, 6) is 0.875. The fraction of sp³-hybridized carbons (Fsp3) is 0.333. The van der Waals surface area contributed by atoms with Crippen molar-refractivity contribution in [1.29, 1.82) is 0 Å². The molecule has 8 heteroatoms. The lowest BCUT2D eigenvalue weighted by Gasteiger charge is -2.38. The van der Waals surface area contributed by atoms with E-state index in [1.165, 1.54) is 12.1 Å². The molecule has 1 amide bonds. The number of rotatable bonds is 5. The van der Waals surface area contributed by atoms with E-state index in [9.17, 15) is 9.18 Å². The number of methoxy groups -OCH3 is 1. The van der Waals surface area contributed by atoms with Gasteiger partial charge in [0, 0.05) is 38.9 Å². The maximum Gasteiger partial charge on any atom is 0.243 e. The Morgan fingerprint density at radius 2 is 1.90 bits per heavy atom. The van der Waals surface area contributed by atoms with Crippen LogP contribution >= 0.6 is 0 Å². The van der Waals surface area contributed by atoms with E-state index in [-0.39, 0.29) is 18.3 Å². The van der Waals surface area contributed by atoms with Crippen molar-refractivity contribution in [2.75, 3.05) is 57.1 Å². The second kappa shape index (κ2) is 9.77. The summed E-state index contributed by atoms with van der Waals surface area (Å²) in [6.45, 7) is 3.22. The monoisotopic (exact) mass is 399 g/mol. The van der Waals surface area contributed by atoms with Gasteiger partial charge in [-0.05, 0) is 30.3 Å². The van der Waals surface area contributed by atoms with Crippen LogP contribution in [0.5, 0.6) is 5.75 Å². The number of nitrogens with one attached hydrogen (secondary N) is 2. The number of anilines is 2. The van der Waals surface area contributed by atoms with Crippen LogP contribution in [-0.4, -0.2) is 63.6 Å². The molecular weight excluding hydrogens is 373 g/mol. The normalized spacial score (nSPS) is 14.5. The molecule has 0 bridgehead atoms. The van der Waals surface area contributed by atoms with Crippen molar-refractivity contribution < 1.29 is 13.9 Å². The zero-order valence-electron chi connectivity index (χ0n) is 16.7. The summed E-state index contributed by atoms with van der Waals surface area (Å²) in [4.78, 5) is 20.8. The number of amides is 1. The Labute approximate surface area is 170 Å². The lowest BCUT2D eigenvalue weighted by molar-refractivity contribution is -0.115. The van der Waals surface area contributed by atoms with Gasteiger partial charge in [-0.1, -0.05) is 18.2 Å². The Morgan fingerprint density at radius 3 is 2.59 bits per heavy atom. The summed E-state index contributed by atoms with van der Waals surface area (Å²) < 4.78 is 18.7. The number of ether oxygens (including phenoxy) is 1. The molecule has 0 saturated carbocycles. The first kappa shape index (κ1) is 20.4. The highest BCUT2D eigenvalue weighted by atomic mass is 19.1. The predicted octanol–water partition coefficient (Wildman–Crippen LogP) is 2.17. The molecule has 29 heavy (non-hydrogen) atoms. The van der Waals surface area contributed by atoms with Gasteiger partial charge in [-0.15, -0.1) is 0 Å². The van der Waals surface area contributed by atoms with Gasteiger partial charge in [-0.25, -0.2) is 4.39 Å². The number of benzene rings is 2. The van der Waals surface area contributed by atoms with Crippen LogP contribution in [0.3, 0.4) is 0 Å². The topological polar surface area (TPSA) is 69.2 Å². The number of carbonyl (C=O) groups is 1. The lowest BCUT2D eigenvalue weighted by atomic mass is 10.2. The predicted molar refractivity (Wildman–Crippen MR) is 113 cm³/mol. The molecule has 1 saturated heterocycles. The summed E-state index contributed by atoms with van der Waals surface area (Å²) in [6.07, 6.45) is 0. The molecule has 2 N–H and O–H groups in total. The second-order valence-corrected chi connectivity index (χ2v) is 6.61. The molecule has 1 heterocycles. The van der Waals surface area contributed by atoms with Crippen LogP contribution in [0.15, 0.2) is 53.5 Å². The first-order valence-electron chi connectivity index (χ1n) is 9.49. The van der Waals surface area contributed by atoms with Crippen molar-refractivity contribution in [2.45, 2.75) is 0 Å². The number of guanidine groups is 1. The maximum absolute atomic E-state index is 13.2. The molecule has 2 aromatic rings. The van der Waals surface area contributed by atoms with Crippen molar-refractivity contribution in [3.8, 4) is 5.75 Å². The minimum Gasteiger partial charge on any atom is -0.495 e. The molecule has 1 aliphatic rings. The number of carbonyl (C=O) groups excluding carboxylic acids is 1. The van der Waals surface area contributed by atoms with E-state index >= 15 is 0 Å². The van der Waals surface area contributed by atoms with E-state index in [0.717, 1.165) is 37.6 Å². The van der Waals surface area contributed by atoms with Gasteiger partial charge >= 0.3 is 0 Å². The zero-order valence-corrected chi connectivity index (χ0v) is 16.7. The summed E-state index contributed by atoms with van der Waals surface area (Å²) in [5.41, 5.74) is 1.50. The third-order valence-electron chi connectivity index (χ3n) is 4.73. The van der Waals surface area contributed by atoms with Crippen LogP contribution in [0.2, 0.25) is 0 Å². The number of halogens is 1. The Balaban J connectivity index is 1.50. The van der Waals surface area contributed by atoms with Gasteiger partial charge in [0.2, 0.25) is 5.91 Å². The Kier molecular flexibility index (Phi) is 6.89. The third kappa shape index (κ3) is 5.37. The minimum absolute atomic E-state index is 0.0515. The zero-order chi connectivity index (χ0) is 20.6. The van der Waals surface area contributed by atoms with Crippen LogP contribution in [0, 0.1) is 5.82 Å². The van der Waals surface area contributed by atoms with Crippen LogP contribution < -0.4 is 20.3 Å². The first-order valence-corrected chi connectivity index (χ1v) is 9.49. The van der Waals surface area contributed by atoms with Gasteiger partial charge in [-0.2, -0.15) is 0 Å². The molecule has 0 aromatic heterocycles. The molecule has 0 atom stereocenters. The van der Waals surface area contributed by atoms with Crippen molar-refractivity contribution in [3.63, 3.8) is 0 Å². The van der Waals surface area contributed by atoms with E-state index in [2.05, 4.69) is 31.5 Å². The van der Waals surface area contributed by atoms with E-state index in [4.69, 9.17) is 4.74 Å². The molecule has 2 aromatic carbocycles. The minimum atomic E-state index is -0.389. The number of nitrogens with zero attached hydrogens (tertiary/aromatic N) is 3. The number of piperazine rings is 1. The van der Waals surface area contributed by atoms with Gasteiger partial charge in [-0.3, -0.25) is 9.79 Å². The van der Waals surface area contributed by atoms with Crippen LogP contribution in [0.1, 0.15) is 0 Å². The number of hydrogen-bond donors (Lipinski definition) is 2. The van der Waals surface area contributed by atoms with Crippen molar-refractivity contribution in [3.05, 3.63) is 54.3 Å². The summed E-state index contributed by atoms with van der Waals surface area (Å²) in [6, 6.07) is 13.8. The fourth-order valence-corrected chi connectivity index (χ4v) is 3.31. The largest absolute Gasteiger partial charge is 0.495 e. The number of aliphatic imine (C=N–C) groups is 1. The highest BCUT2D eigenvalue weighted by Crippen LogP contribution is 2.28. The summed E-state index contributed by atoms with van der Waals surface area (Å²) in [7, 11) is 3.37. The van der Waals surface area contributed by atoms with E-state index in [1.54, 1.807) is 26.3 Å². The van der Waals surface area contributed by atoms with Gasteiger partial charge < -0.3 is 25.2 Å². The summed E-state index contributed by atoms with van der Waals surface area (Å²) >= 11 is 0. The molecule has 0 radical (unpaired) electrons. The van der Waals surface area contributed by atoms with E-state index < -0.39 is 0 Å². The third-order valence-corrected chi connectivity index (χ3v) is 4.73. The van der Waals surface area contributed by atoms with Crippen LogP contribution in [-0.2, 0) is 4.79 Å². The van der Waals surface area contributed by atoms with Crippen molar-refractivity contribution >= 4 is 23.2 Å². The van der Waals surface area contributed by atoms with E-state index in [0.29, 0.717) is 11.6 Å². The van der Waals surface area contributed by atoms with Crippen molar-refractivity contribution in [1.82, 2.24) is 10.2 Å². The molecule has 0 unspecified atom stereocenters. The molecule has 0 aliphatic carbocycles. The average molecular weight is 399 g/mol. The van der Waals surface area contributed by atoms with Gasteiger partial charge in [0.25, 0.3) is 0 Å². The molecule has 1 fully saturated rings. The van der Waals surface area contributed by atoms with Gasteiger partial charge in [0.1, 0.15) is 11.6 Å². The Morgan fingerprint density at radius 1 is 1.14 bits per heavy atom. The average Bonchev–Trinajstić information content (AvgIpc) is 2.74. The van der Waals surface area contributed by atoms with Crippen LogP contribution in [0.4, 0.5) is 15.8 Å². The maximum atomic E-state index is 13.2. The Hall–Kier alpha value is -3.29. The molecule has 7 nitrogen and oxygen atoms in total. The van der Waals surface area contributed by atoms with Gasteiger partial charge in [0.15, 0.2) is 5.96 Å². The molecule has 0 spiro atoms. The highest BCUT2D eigenvalue weighted by Gasteiger charge is 2.21. The molecule has 154 valence electrons. The van der Waals surface area contributed by atoms with Crippen LogP contribution in [0.25, 0.3) is 0 Å². The fourth-order valence-electron chi connectivity index (χ4n) is 3.31. The summed E-state index contributed by atoms with van der Waals surface area (Å²) in [5, 5.41) is 5.75. The van der Waals surface area contributed by atoms with E-state index in [1.807, 2.05) is 18.2 Å². The van der Waals surface area contributed by atoms with Gasteiger partial charge in [0.05, 0.1) is 19.3 Å². The molecule has 3 rings (SSSR count). The first-order chi connectivity index (χ1) is 14.1. The van der Waals surface area contributed by atoms with Crippen molar-refractivity contribution in [2.24, 2.45) is 4.99 Å².